The minimum Gasteiger partial charge on any atom is -0.378 e. The van der Waals surface area contributed by atoms with E-state index in [9.17, 15) is 9.65 Å². The molecule has 3 rings (SSSR count). The van der Waals surface area contributed by atoms with Gasteiger partial charge in [-0.3, -0.25) is 0 Å². The zero-order chi connectivity index (χ0) is 14.8. The number of nitrogens with zero attached hydrogens (tertiary/aromatic N) is 3. The van der Waals surface area contributed by atoms with E-state index < -0.39 is 6.17 Å². The lowest BCUT2D eigenvalue weighted by molar-refractivity contribution is 0.122. The third-order valence-electron chi connectivity index (χ3n) is 4.26. The Kier molecular flexibility index (Phi) is 3.98. The summed E-state index contributed by atoms with van der Waals surface area (Å²) in [7, 11) is 0. The second-order valence-electron chi connectivity index (χ2n) is 5.70. The zero-order valence-corrected chi connectivity index (χ0v) is 12.3. The Morgan fingerprint density at radius 2 is 2.00 bits per heavy atom. The van der Waals surface area contributed by atoms with E-state index >= 15 is 0 Å². The number of ether oxygens (including phenoxy) is 1. The first kappa shape index (κ1) is 14.2. The average molecular weight is 289 g/mol. The highest BCUT2D eigenvalue weighted by atomic mass is 19.1. The number of rotatable bonds is 2. The Balaban J connectivity index is 1.96. The molecule has 5 heteroatoms. The number of aryl methyl sites for hydroxylation is 1. The third-order valence-corrected chi connectivity index (χ3v) is 4.26. The first-order valence-electron chi connectivity index (χ1n) is 7.45. The first-order valence-corrected chi connectivity index (χ1v) is 7.45. The Labute approximate surface area is 124 Å². The Bertz CT molecular complexity index is 563. The van der Waals surface area contributed by atoms with Crippen LogP contribution >= 0.6 is 0 Å². The number of nitriles is 1. The molecule has 1 aromatic carbocycles. The molecule has 0 aromatic heterocycles. The fourth-order valence-corrected chi connectivity index (χ4v) is 3.09. The van der Waals surface area contributed by atoms with Gasteiger partial charge in [0.1, 0.15) is 12.2 Å². The van der Waals surface area contributed by atoms with Crippen molar-refractivity contribution in [3.8, 4) is 6.07 Å². The summed E-state index contributed by atoms with van der Waals surface area (Å²) in [4.78, 5) is 4.27. The van der Waals surface area contributed by atoms with Gasteiger partial charge in [-0.05, 0) is 31.0 Å². The molecule has 2 heterocycles. The smallest absolute Gasteiger partial charge is 0.119 e. The SMILES string of the molecule is Cc1cc(N2CCOCC2)cc(N2CC[C@@H](F)C2)c1C#N. The average Bonchev–Trinajstić information content (AvgIpc) is 2.94. The van der Waals surface area contributed by atoms with Gasteiger partial charge in [-0.15, -0.1) is 0 Å². The van der Waals surface area contributed by atoms with Crippen molar-refractivity contribution >= 4 is 11.4 Å². The number of morpholine rings is 1. The third kappa shape index (κ3) is 2.81. The Morgan fingerprint density at radius 3 is 2.62 bits per heavy atom. The van der Waals surface area contributed by atoms with Crippen LogP contribution in [0.5, 0.6) is 0 Å². The number of anilines is 2. The molecule has 2 aliphatic heterocycles. The number of hydrogen-bond donors (Lipinski definition) is 0. The standard InChI is InChI=1S/C16H20FN3O/c1-12-8-14(19-4-6-21-7-5-19)9-16(15(12)10-18)20-3-2-13(17)11-20/h8-9,13H,2-7,11H2,1H3/t13-/m1/s1. The van der Waals surface area contributed by atoms with E-state index in [2.05, 4.69) is 17.0 Å². The topological polar surface area (TPSA) is 39.5 Å². The summed E-state index contributed by atoms with van der Waals surface area (Å²) >= 11 is 0. The molecule has 112 valence electrons. The zero-order valence-electron chi connectivity index (χ0n) is 12.3. The summed E-state index contributed by atoms with van der Waals surface area (Å²) in [5.74, 6) is 0. The summed E-state index contributed by atoms with van der Waals surface area (Å²) in [6.45, 7) is 6.19. The summed E-state index contributed by atoms with van der Waals surface area (Å²) in [6.07, 6.45) is -0.241. The predicted molar refractivity (Wildman–Crippen MR) is 80.7 cm³/mol. The molecule has 0 bridgehead atoms. The molecule has 21 heavy (non-hydrogen) atoms. The fourth-order valence-electron chi connectivity index (χ4n) is 3.09. The van der Waals surface area contributed by atoms with Crippen LogP contribution in [0.1, 0.15) is 17.5 Å². The lowest BCUT2D eigenvalue weighted by atomic mass is 10.0. The maximum atomic E-state index is 13.5. The molecule has 1 aromatic rings. The molecule has 1 atom stereocenters. The number of benzene rings is 1. The van der Waals surface area contributed by atoms with Crippen LogP contribution in [0.2, 0.25) is 0 Å². The normalized spacial score (nSPS) is 22.4. The van der Waals surface area contributed by atoms with E-state index in [0.717, 1.165) is 43.2 Å². The van der Waals surface area contributed by atoms with Crippen molar-refractivity contribution in [1.82, 2.24) is 0 Å². The monoisotopic (exact) mass is 289 g/mol. The minimum atomic E-state index is -0.788. The molecular formula is C16H20FN3O. The molecule has 4 nitrogen and oxygen atoms in total. The van der Waals surface area contributed by atoms with E-state index in [-0.39, 0.29) is 0 Å². The van der Waals surface area contributed by atoms with Gasteiger partial charge in [0, 0.05) is 31.9 Å². The molecular weight excluding hydrogens is 269 g/mol. The highest BCUT2D eigenvalue weighted by Gasteiger charge is 2.25. The van der Waals surface area contributed by atoms with E-state index in [0.29, 0.717) is 25.1 Å². The quantitative estimate of drug-likeness (QED) is 0.837. The van der Waals surface area contributed by atoms with Gasteiger partial charge in [0.05, 0.1) is 24.5 Å². The van der Waals surface area contributed by atoms with E-state index in [1.807, 2.05) is 17.9 Å². The minimum absolute atomic E-state index is 0.390. The summed E-state index contributed by atoms with van der Waals surface area (Å²) in [6, 6.07) is 6.37. The van der Waals surface area contributed by atoms with Gasteiger partial charge in [0.25, 0.3) is 0 Å². The molecule has 2 saturated heterocycles. The Morgan fingerprint density at radius 1 is 1.24 bits per heavy atom. The molecule has 2 aliphatic rings. The van der Waals surface area contributed by atoms with Crippen molar-refractivity contribution in [2.75, 3.05) is 49.2 Å². The van der Waals surface area contributed by atoms with E-state index in [1.165, 1.54) is 0 Å². The number of hydrogen-bond acceptors (Lipinski definition) is 4. The molecule has 0 saturated carbocycles. The predicted octanol–water partition coefficient (Wildman–Crippen LogP) is 2.25. The van der Waals surface area contributed by atoms with Crippen molar-refractivity contribution in [3.05, 3.63) is 23.3 Å². The van der Waals surface area contributed by atoms with Crippen LogP contribution in [-0.4, -0.2) is 45.6 Å². The van der Waals surface area contributed by atoms with Crippen molar-refractivity contribution in [2.24, 2.45) is 0 Å². The molecule has 0 amide bonds. The van der Waals surface area contributed by atoms with Gasteiger partial charge in [-0.1, -0.05) is 0 Å². The van der Waals surface area contributed by atoms with E-state index in [4.69, 9.17) is 4.74 Å². The molecule has 0 unspecified atom stereocenters. The first-order chi connectivity index (χ1) is 10.2. The Hall–Kier alpha value is -1.80. The van der Waals surface area contributed by atoms with Crippen LogP contribution in [0.15, 0.2) is 12.1 Å². The lowest BCUT2D eigenvalue weighted by Crippen LogP contribution is -2.36. The van der Waals surface area contributed by atoms with Gasteiger partial charge in [-0.2, -0.15) is 5.26 Å². The molecule has 0 spiro atoms. The van der Waals surface area contributed by atoms with Crippen LogP contribution < -0.4 is 9.80 Å². The summed E-state index contributed by atoms with van der Waals surface area (Å²) in [5.41, 5.74) is 3.60. The second-order valence-corrected chi connectivity index (χ2v) is 5.70. The van der Waals surface area contributed by atoms with Crippen LogP contribution in [0, 0.1) is 18.3 Å². The van der Waals surface area contributed by atoms with E-state index in [1.54, 1.807) is 0 Å². The van der Waals surface area contributed by atoms with Gasteiger partial charge in [0.2, 0.25) is 0 Å². The van der Waals surface area contributed by atoms with Crippen LogP contribution in [0.3, 0.4) is 0 Å². The molecule has 2 fully saturated rings. The number of halogens is 1. The molecule has 0 aliphatic carbocycles. The van der Waals surface area contributed by atoms with Crippen molar-refractivity contribution in [1.29, 1.82) is 5.26 Å². The van der Waals surface area contributed by atoms with Crippen molar-refractivity contribution < 1.29 is 9.13 Å². The highest BCUT2D eigenvalue weighted by Crippen LogP contribution is 2.32. The van der Waals surface area contributed by atoms with Gasteiger partial charge in [-0.25, -0.2) is 4.39 Å². The molecule has 0 N–H and O–H groups in total. The van der Waals surface area contributed by atoms with Crippen molar-refractivity contribution in [3.63, 3.8) is 0 Å². The summed E-state index contributed by atoms with van der Waals surface area (Å²) < 4.78 is 18.9. The lowest BCUT2D eigenvalue weighted by Gasteiger charge is -2.31. The van der Waals surface area contributed by atoms with Crippen LogP contribution in [-0.2, 0) is 4.74 Å². The van der Waals surface area contributed by atoms with Crippen molar-refractivity contribution in [2.45, 2.75) is 19.5 Å². The number of alkyl halides is 1. The van der Waals surface area contributed by atoms with Gasteiger partial charge in [0.15, 0.2) is 0 Å². The van der Waals surface area contributed by atoms with Gasteiger partial charge >= 0.3 is 0 Å². The second kappa shape index (κ2) is 5.90. The largest absolute Gasteiger partial charge is 0.378 e. The fraction of sp³-hybridized carbons (Fsp3) is 0.562. The maximum Gasteiger partial charge on any atom is 0.119 e. The van der Waals surface area contributed by atoms with Crippen LogP contribution in [0.25, 0.3) is 0 Å². The maximum absolute atomic E-state index is 13.5. The molecule has 0 radical (unpaired) electrons. The summed E-state index contributed by atoms with van der Waals surface area (Å²) in [5, 5.41) is 9.42. The van der Waals surface area contributed by atoms with Gasteiger partial charge < -0.3 is 14.5 Å². The highest BCUT2D eigenvalue weighted by molar-refractivity contribution is 5.70. The van der Waals surface area contributed by atoms with Crippen LogP contribution in [0.4, 0.5) is 15.8 Å².